The highest BCUT2D eigenvalue weighted by atomic mass is 35.5. The summed E-state index contributed by atoms with van der Waals surface area (Å²) in [5.74, 6) is 0.712. The molecule has 16 heavy (non-hydrogen) atoms. The number of nitrogens with zero attached hydrogens (tertiary/aromatic N) is 1. The van der Waals surface area contributed by atoms with E-state index in [1.807, 2.05) is 0 Å². The van der Waals surface area contributed by atoms with E-state index in [0.29, 0.717) is 37.9 Å². The Kier molecular flexibility index (Phi) is 6.59. The molecule has 0 aromatic carbocycles. The molecule has 0 radical (unpaired) electrons. The molecule has 0 aromatic heterocycles. The molecule has 1 heterocycles. The third kappa shape index (κ3) is 3.84. The first kappa shape index (κ1) is 14.7. The molecule has 8 heteroatoms. The maximum Gasteiger partial charge on any atom is 0.275 e. The van der Waals surface area contributed by atoms with Gasteiger partial charge in [-0.05, 0) is 0 Å². The van der Waals surface area contributed by atoms with E-state index in [1.165, 1.54) is 0 Å². The summed E-state index contributed by atoms with van der Waals surface area (Å²) in [6.07, 6.45) is 0.278. The largest absolute Gasteiger partial charge is 0.317 e. The van der Waals surface area contributed by atoms with Gasteiger partial charge in [0.15, 0.2) is 0 Å². The Morgan fingerprint density at radius 3 is 2.56 bits per heavy atom. The van der Waals surface area contributed by atoms with E-state index in [-0.39, 0.29) is 6.16 Å². The minimum atomic E-state index is -2.95. The van der Waals surface area contributed by atoms with Crippen LogP contribution in [0.5, 0.6) is 0 Å². The third-order valence-electron chi connectivity index (χ3n) is 2.43. The van der Waals surface area contributed by atoms with Gasteiger partial charge in [-0.2, -0.15) is 0 Å². The Bertz CT molecular complexity index is 250. The van der Waals surface area contributed by atoms with Crippen molar-refractivity contribution in [2.45, 2.75) is 12.5 Å². The minimum Gasteiger partial charge on any atom is -0.317 e. The molecular formula is C8H16Cl2NO4P. The molecule has 2 atom stereocenters. The molecule has 2 unspecified atom stereocenters. The molecule has 1 aliphatic heterocycles. The summed E-state index contributed by atoms with van der Waals surface area (Å²) < 4.78 is 19.5. The van der Waals surface area contributed by atoms with Crippen LogP contribution in [-0.4, -0.2) is 53.6 Å². The summed E-state index contributed by atoms with van der Waals surface area (Å²) in [5, 5.41) is 8.62. The molecule has 5 nitrogen and oxygen atoms in total. The van der Waals surface area contributed by atoms with Gasteiger partial charge in [0.2, 0.25) is 0 Å². The fourth-order valence-corrected chi connectivity index (χ4v) is 4.73. The molecule has 0 spiro atoms. The zero-order chi connectivity index (χ0) is 12.0. The van der Waals surface area contributed by atoms with Crippen LogP contribution >= 0.6 is 30.7 Å². The first-order valence-corrected chi connectivity index (χ1v) is 7.90. The van der Waals surface area contributed by atoms with Gasteiger partial charge in [-0.1, -0.05) is 0 Å². The van der Waals surface area contributed by atoms with Crippen molar-refractivity contribution in [1.29, 1.82) is 0 Å². The van der Waals surface area contributed by atoms with Crippen molar-refractivity contribution in [1.82, 2.24) is 4.67 Å². The predicted octanol–water partition coefficient (Wildman–Crippen LogP) is 2.24. The van der Waals surface area contributed by atoms with E-state index < -0.39 is 13.6 Å². The normalized spacial score (nSPS) is 30.9. The van der Waals surface area contributed by atoms with E-state index in [4.69, 9.17) is 33.0 Å². The molecule has 1 aliphatic rings. The van der Waals surface area contributed by atoms with Gasteiger partial charge < -0.3 is 4.52 Å². The third-order valence-corrected chi connectivity index (χ3v) is 5.49. The fraction of sp³-hybridized carbons (Fsp3) is 1.00. The summed E-state index contributed by atoms with van der Waals surface area (Å²) in [6, 6.07) is 0. The molecular weight excluding hydrogens is 276 g/mol. The molecule has 0 bridgehead atoms. The van der Waals surface area contributed by atoms with E-state index in [2.05, 4.69) is 4.89 Å². The van der Waals surface area contributed by atoms with Crippen LogP contribution in [0.2, 0.25) is 0 Å². The lowest BCUT2D eigenvalue weighted by atomic mass is 10.3. The lowest BCUT2D eigenvalue weighted by molar-refractivity contribution is -0.277. The quantitative estimate of drug-likeness (QED) is 0.352. The second-order valence-electron chi connectivity index (χ2n) is 3.50. The molecule has 1 N–H and O–H groups in total. The van der Waals surface area contributed by atoms with Crippen LogP contribution in [0.3, 0.4) is 0 Å². The SMILES string of the molecule is O=P1(N(CCCl)CCCl)CC(OO)CCO1. The second-order valence-corrected chi connectivity index (χ2v) is 6.72. The number of halogens is 2. The Labute approximate surface area is 105 Å². The molecule has 0 amide bonds. The number of rotatable bonds is 6. The topological polar surface area (TPSA) is 59.0 Å². The van der Waals surface area contributed by atoms with Crippen LogP contribution in [0.1, 0.15) is 6.42 Å². The summed E-state index contributed by atoms with van der Waals surface area (Å²) in [7, 11) is -2.95. The van der Waals surface area contributed by atoms with Gasteiger partial charge in [-0.15, -0.1) is 23.2 Å². The molecule has 0 aromatic rings. The van der Waals surface area contributed by atoms with Crippen molar-refractivity contribution in [3.8, 4) is 0 Å². The van der Waals surface area contributed by atoms with Crippen molar-refractivity contribution < 1.29 is 19.2 Å². The molecule has 0 saturated carbocycles. The highest BCUT2D eigenvalue weighted by Gasteiger charge is 2.38. The predicted molar refractivity (Wildman–Crippen MR) is 63.6 cm³/mol. The van der Waals surface area contributed by atoms with Gasteiger partial charge in [0, 0.05) is 31.3 Å². The summed E-state index contributed by atoms with van der Waals surface area (Å²) in [4.78, 5) is 4.25. The van der Waals surface area contributed by atoms with E-state index in [1.54, 1.807) is 4.67 Å². The molecule has 1 rings (SSSR count). The number of hydrogen-bond acceptors (Lipinski definition) is 4. The van der Waals surface area contributed by atoms with Crippen LogP contribution in [0.4, 0.5) is 0 Å². The van der Waals surface area contributed by atoms with Gasteiger partial charge in [-0.3, -0.25) is 9.82 Å². The van der Waals surface area contributed by atoms with Gasteiger partial charge in [0.1, 0.15) is 6.10 Å². The van der Waals surface area contributed by atoms with Crippen LogP contribution in [-0.2, 0) is 14.0 Å². The Hall–Kier alpha value is 0.650. The highest BCUT2D eigenvalue weighted by Crippen LogP contribution is 2.54. The highest BCUT2D eigenvalue weighted by molar-refractivity contribution is 7.56. The fourth-order valence-electron chi connectivity index (χ4n) is 1.62. The molecule has 96 valence electrons. The number of alkyl halides is 2. The van der Waals surface area contributed by atoms with E-state index >= 15 is 0 Å². The van der Waals surface area contributed by atoms with Crippen LogP contribution in [0.15, 0.2) is 0 Å². The Morgan fingerprint density at radius 1 is 1.44 bits per heavy atom. The maximum absolute atomic E-state index is 12.5. The lowest BCUT2D eigenvalue weighted by Crippen LogP contribution is -2.34. The first-order valence-electron chi connectivity index (χ1n) is 5.07. The van der Waals surface area contributed by atoms with Gasteiger partial charge in [0.05, 0.1) is 12.8 Å². The summed E-state index contributed by atoms with van der Waals surface area (Å²) in [5.41, 5.74) is 0. The maximum atomic E-state index is 12.5. The van der Waals surface area contributed by atoms with Gasteiger partial charge >= 0.3 is 0 Å². The number of hydrogen-bond donors (Lipinski definition) is 1. The van der Waals surface area contributed by atoms with E-state index in [0.717, 1.165) is 0 Å². The minimum absolute atomic E-state index is 0.178. The average Bonchev–Trinajstić information content (AvgIpc) is 2.29. The van der Waals surface area contributed by atoms with Crippen molar-refractivity contribution in [3.63, 3.8) is 0 Å². The zero-order valence-corrected chi connectivity index (χ0v) is 11.3. The van der Waals surface area contributed by atoms with Gasteiger partial charge in [-0.25, -0.2) is 9.56 Å². The lowest BCUT2D eigenvalue weighted by Gasteiger charge is -2.35. The summed E-state index contributed by atoms with van der Waals surface area (Å²) in [6.45, 7) is 1.21. The van der Waals surface area contributed by atoms with Crippen LogP contribution in [0, 0.1) is 0 Å². The van der Waals surface area contributed by atoms with Crippen molar-refractivity contribution in [3.05, 3.63) is 0 Å². The monoisotopic (exact) mass is 291 g/mol. The first-order chi connectivity index (χ1) is 7.66. The second kappa shape index (κ2) is 7.17. The molecule has 1 saturated heterocycles. The van der Waals surface area contributed by atoms with Crippen molar-refractivity contribution in [2.75, 3.05) is 37.6 Å². The van der Waals surface area contributed by atoms with Crippen molar-refractivity contribution >= 4 is 30.7 Å². The smallest absolute Gasteiger partial charge is 0.275 e. The Balaban J connectivity index is 2.67. The van der Waals surface area contributed by atoms with Crippen molar-refractivity contribution in [2.24, 2.45) is 0 Å². The van der Waals surface area contributed by atoms with Crippen LogP contribution < -0.4 is 0 Å². The standard InChI is InChI=1S/C8H16Cl2NO4P/c9-2-4-11(5-3-10)16(13)7-8(15-12)1-6-14-16/h8,12H,1-7H2. The molecule has 1 fully saturated rings. The zero-order valence-electron chi connectivity index (χ0n) is 8.85. The van der Waals surface area contributed by atoms with Gasteiger partial charge in [0.25, 0.3) is 7.52 Å². The Morgan fingerprint density at radius 2 is 2.06 bits per heavy atom. The summed E-state index contributed by atoms with van der Waals surface area (Å²) >= 11 is 11.3. The van der Waals surface area contributed by atoms with E-state index in [9.17, 15) is 4.57 Å². The van der Waals surface area contributed by atoms with Crippen LogP contribution in [0.25, 0.3) is 0 Å². The average molecular weight is 292 g/mol. The molecule has 0 aliphatic carbocycles.